The SMILES string of the molecule is CC1CN(c2ccc(F)cc2I)CCC1N. The van der Waals surface area contributed by atoms with Crippen molar-refractivity contribution >= 4 is 28.3 Å². The number of hydrogen-bond donors (Lipinski definition) is 1. The lowest BCUT2D eigenvalue weighted by Crippen LogP contribution is -2.46. The van der Waals surface area contributed by atoms with E-state index in [2.05, 4.69) is 34.4 Å². The van der Waals surface area contributed by atoms with Crippen LogP contribution in [0, 0.1) is 15.3 Å². The molecule has 2 unspecified atom stereocenters. The predicted molar refractivity (Wildman–Crippen MR) is 73.1 cm³/mol. The number of nitrogens with zero attached hydrogens (tertiary/aromatic N) is 1. The Morgan fingerprint density at radius 2 is 2.25 bits per heavy atom. The van der Waals surface area contributed by atoms with Crippen molar-refractivity contribution in [3.05, 3.63) is 27.6 Å². The number of piperidine rings is 1. The van der Waals surface area contributed by atoms with Crippen LogP contribution in [0.25, 0.3) is 0 Å². The summed E-state index contributed by atoms with van der Waals surface area (Å²) in [6, 6.07) is 5.27. The summed E-state index contributed by atoms with van der Waals surface area (Å²) >= 11 is 2.19. The summed E-state index contributed by atoms with van der Waals surface area (Å²) in [6.45, 7) is 4.10. The van der Waals surface area contributed by atoms with Gasteiger partial charge in [0.2, 0.25) is 0 Å². The number of nitrogens with two attached hydrogens (primary N) is 1. The fourth-order valence-electron chi connectivity index (χ4n) is 2.12. The summed E-state index contributed by atoms with van der Waals surface area (Å²) in [6.07, 6.45) is 1.01. The van der Waals surface area contributed by atoms with Gasteiger partial charge in [-0.05, 0) is 53.1 Å². The maximum absolute atomic E-state index is 13.0. The average molecular weight is 334 g/mol. The van der Waals surface area contributed by atoms with Gasteiger partial charge in [-0.25, -0.2) is 4.39 Å². The second-order valence-corrected chi connectivity index (χ2v) is 5.63. The number of hydrogen-bond acceptors (Lipinski definition) is 2. The standard InChI is InChI=1S/C12H16FIN2/c1-8-7-16(5-4-11(8)15)12-3-2-9(13)6-10(12)14/h2-3,6,8,11H,4-5,7,15H2,1H3. The molecule has 4 heteroatoms. The maximum Gasteiger partial charge on any atom is 0.124 e. The second kappa shape index (κ2) is 4.87. The molecule has 2 nitrogen and oxygen atoms in total. The number of rotatable bonds is 1. The maximum atomic E-state index is 13.0. The molecule has 16 heavy (non-hydrogen) atoms. The Morgan fingerprint density at radius 1 is 1.50 bits per heavy atom. The van der Waals surface area contributed by atoms with Gasteiger partial charge < -0.3 is 10.6 Å². The van der Waals surface area contributed by atoms with E-state index in [1.54, 1.807) is 6.07 Å². The van der Waals surface area contributed by atoms with E-state index in [0.717, 1.165) is 28.8 Å². The Labute approximate surface area is 109 Å². The summed E-state index contributed by atoms with van der Waals surface area (Å²) < 4.78 is 14.0. The molecule has 0 aromatic heterocycles. The molecule has 1 heterocycles. The van der Waals surface area contributed by atoms with Gasteiger partial charge in [-0.2, -0.15) is 0 Å². The molecule has 1 saturated heterocycles. The highest BCUT2D eigenvalue weighted by molar-refractivity contribution is 14.1. The summed E-state index contributed by atoms with van der Waals surface area (Å²) in [5.41, 5.74) is 7.12. The van der Waals surface area contributed by atoms with Gasteiger partial charge in [-0.3, -0.25) is 0 Å². The minimum Gasteiger partial charge on any atom is -0.370 e. The molecular formula is C12H16FIN2. The van der Waals surface area contributed by atoms with Crippen LogP contribution in [-0.2, 0) is 0 Å². The van der Waals surface area contributed by atoms with E-state index in [9.17, 15) is 4.39 Å². The van der Waals surface area contributed by atoms with Crippen LogP contribution in [0.15, 0.2) is 18.2 Å². The third-order valence-corrected chi connectivity index (χ3v) is 4.09. The van der Waals surface area contributed by atoms with Crippen molar-refractivity contribution in [2.45, 2.75) is 19.4 Å². The predicted octanol–water partition coefficient (Wildman–Crippen LogP) is 2.60. The van der Waals surface area contributed by atoms with Crippen LogP contribution in [-0.4, -0.2) is 19.1 Å². The summed E-state index contributed by atoms with van der Waals surface area (Å²) in [5, 5.41) is 0. The van der Waals surface area contributed by atoms with E-state index in [0.29, 0.717) is 12.0 Å². The summed E-state index contributed by atoms with van der Waals surface area (Å²) in [5.74, 6) is 0.324. The van der Waals surface area contributed by atoms with Crippen LogP contribution < -0.4 is 10.6 Å². The molecule has 0 bridgehead atoms. The van der Waals surface area contributed by atoms with Crippen LogP contribution in [0.3, 0.4) is 0 Å². The van der Waals surface area contributed by atoms with Gasteiger partial charge in [0.1, 0.15) is 5.82 Å². The molecule has 1 aromatic rings. The van der Waals surface area contributed by atoms with Crippen LogP contribution in [0.4, 0.5) is 10.1 Å². The fraction of sp³-hybridized carbons (Fsp3) is 0.500. The number of anilines is 1. The average Bonchev–Trinajstić information content (AvgIpc) is 2.22. The third kappa shape index (κ3) is 2.48. The Hall–Kier alpha value is -0.360. The minimum absolute atomic E-state index is 0.171. The van der Waals surface area contributed by atoms with Crippen molar-refractivity contribution < 1.29 is 4.39 Å². The van der Waals surface area contributed by atoms with E-state index in [-0.39, 0.29) is 5.82 Å². The van der Waals surface area contributed by atoms with Crippen molar-refractivity contribution in [2.24, 2.45) is 11.7 Å². The molecule has 1 fully saturated rings. The van der Waals surface area contributed by atoms with E-state index < -0.39 is 0 Å². The van der Waals surface area contributed by atoms with Crippen molar-refractivity contribution in [3.8, 4) is 0 Å². The molecule has 0 saturated carbocycles. The molecule has 1 aliphatic heterocycles. The molecule has 0 spiro atoms. The Balaban J connectivity index is 2.18. The van der Waals surface area contributed by atoms with Gasteiger partial charge in [0, 0.05) is 22.7 Å². The van der Waals surface area contributed by atoms with Crippen molar-refractivity contribution in [1.29, 1.82) is 0 Å². The third-order valence-electron chi connectivity index (χ3n) is 3.22. The molecule has 0 amide bonds. The number of benzene rings is 1. The van der Waals surface area contributed by atoms with Gasteiger partial charge >= 0.3 is 0 Å². The molecule has 0 aliphatic carbocycles. The first-order chi connectivity index (χ1) is 7.58. The quantitative estimate of drug-likeness (QED) is 0.800. The Morgan fingerprint density at radius 3 is 2.88 bits per heavy atom. The van der Waals surface area contributed by atoms with Crippen LogP contribution >= 0.6 is 22.6 Å². The summed E-state index contributed by atoms with van der Waals surface area (Å²) in [7, 11) is 0. The lowest BCUT2D eigenvalue weighted by molar-refractivity contribution is 0.382. The van der Waals surface area contributed by atoms with Gasteiger partial charge in [-0.1, -0.05) is 6.92 Å². The van der Waals surface area contributed by atoms with Gasteiger partial charge in [0.15, 0.2) is 0 Å². The van der Waals surface area contributed by atoms with Crippen molar-refractivity contribution in [3.63, 3.8) is 0 Å². The lowest BCUT2D eigenvalue weighted by Gasteiger charge is -2.37. The fourth-order valence-corrected chi connectivity index (χ4v) is 2.94. The van der Waals surface area contributed by atoms with Gasteiger partial charge in [0.25, 0.3) is 0 Å². The highest BCUT2D eigenvalue weighted by atomic mass is 127. The number of halogens is 2. The zero-order valence-corrected chi connectivity index (χ0v) is 11.4. The monoisotopic (exact) mass is 334 g/mol. The van der Waals surface area contributed by atoms with Crippen molar-refractivity contribution in [2.75, 3.05) is 18.0 Å². The molecule has 2 rings (SSSR count). The van der Waals surface area contributed by atoms with Crippen LogP contribution in [0.2, 0.25) is 0 Å². The highest BCUT2D eigenvalue weighted by Gasteiger charge is 2.24. The summed E-state index contributed by atoms with van der Waals surface area (Å²) in [4.78, 5) is 2.30. The molecule has 0 radical (unpaired) electrons. The smallest absolute Gasteiger partial charge is 0.124 e. The Kier molecular flexibility index (Phi) is 3.69. The molecule has 88 valence electrons. The molecule has 2 N–H and O–H groups in total. The topological polar surface area (TPSA) is 29.3 Å². The molecule has 1 aromatic carbocycles. The van der Waals surface area contributed by atoms with E-state index >= 15 is 0 Å². The van der Waals surface area contributed by atoms with E-state index in [1.165, 1.54) is 6.07 Å². The normalized spacial score (nSPS) is 25.9. The largest absolute Gasteiger partial charge is 0.370 e. The zero-order chi connectivity index (χ0) is 11.7. The van der Waals surface area contributed by atoms with Crippen molar-refractivity contribution in [1.82, 2.24) is 0 Å². The second-order valence-electron chi connectivity index (χ2n) is 4.47. The van der Waals surface area contributed by atoms with Crippen LogP contribution in [0.1, 0.15) is 13.3 Å². The van der Waals surface area contributed by atoms with Gasteiger partial charge in [-0.15, -0.1) is 0 Å². The van der Waals surface area contributed by atoms with Gasteiger partial charge in [0.05, 0.1) is 5.69 Å². The first kappa shape index (κ1) is 12.1. The first-order valence-corrected chi connectivity index (χ1v) is 6.61. The van der Waals surface area contributed by atoms with E-state index in [4.69, 9.17) is 5.73 Å². The Bertz CT molecular complexity index is 383. The lowest BCUT2D eigenvalue weighted by atomic mass is 9.94. The molecule has 1 aliphatic rings. The van der Waals surface area contributed by atoms with E-state index in [1.807, 2.05) is 6.07 Å². The molecule has 2 atom stereocenters. The molecular weight excluding hydrogens is 318 g/mol. The minimum atomic E-state index is -0.171. The first-order valence-electron chi connectivity index (χ1n) is 5.53. The highest BCUT2D eigenvalue weighted by Crippen LogP contribution is 2.27. The van der Waals surface area contributed by atoms with Crippen LogP contribution in [0.5, 0.6) is 0 Å². The zero-order valence-electron chi connectivity index (χ0n) is 9.29.